The van der Waals surface area contributed by atoms with Gasteiger partial charge in [-0.15, -0.1) is 0 Å². The molecule has 1 aliphatic carbocycles. The maximum absolute atomic E-state index is 13.6. The lowest BCUT2D eigenvalue weighted by Gasteiger charge is -2.24. The third-order valence-corrected chi connectivity index (χ3v) is 8.16. The summed E-state index contributed by atoms with van der Waals surface area (Å²) in [5.74, 6) is -0.394. The van der Waals surface area contributed by atoms with Gasteiger partial charge in [-0.05, 0) is 73.5 Å². The van der Waals surface area contributed by atoms with Crippen molar-refractivity contribution in [3.63, 3.8) is 0 Å². The van der Waals surface area contributed by atoms with Crippen LogP contribution in [-0.4, -0.2) is 20.9 Å². The Hall–Kier alpha value is -3.64. The topological polar surface area (TPSA) is 66.5 Å². The van der Waals surface area contributed by atoms with Gasteiger partial charge in [0.25, 0.3) is 10.0 Å². The van der Waals surface area contributed by atoms with E-state index in [1.807, 2.05) is 44.2 Å². The van der Waals surface area contributed by atoms with Crippen LogP contribution in [0, 0.1) is 13.8 Å². The van der Waals surface area contributed by atoms with Gasteiger partial charge in [0.15, 0.2) is 0 Å². The number of hydrogen-bond acceptors (Lipinski definition) is 3. The van der Waals surface area contributed by atoms with E-state index in [0.29, 0.717) is 11.4 Å². The van der Waals surface area contributed by atoms with Gasteiger partial charge in [0, 0.05) is 11.1 Å². The van der Waals surface area contributed by atoms with E-state index in [9.17, 15) is 13.2 Å². The number of nitrogens with one attached hydrogen (secondary N) is 1. The first-order chi connectivity index (χ1) is 16.3. The lowest BCUT2D eigenvalue weighted by atomic mass is 10.0. The van der Waals surface area contributed by atoms with Crippen LogP contribution in [0.3, 0.4) is 0 Å². The highest BCUT2D eigenvalue weighted by Gasteiger charge is 2.27. The number of carbonyl (C=O) groups is 1. The minimum atomic E-state index is -3.94. The molecule has 1 amide bonds. The van der Waals surface area contributed by atoms with Crippen LogP contribution in [0.4, 0.5) is 11.4 Å². The van der Waals surface area contributed by atoms with E-state index < -0.39 is 15.9 Å². The molecule has 5 nitrogen and oxygen atoms in total. The zero-order valence-electron chi connectivity index (χ0n) is 19.2. The van der Waals surface area contributed by atoms with E-state index in [1.54, 1.807) is 36.4 Å². The fourth-order valence-electron chi connectivity index (χ4n) is 4.54. The normalized spacial score (nSPS) is 12.6. The van der Waals surface area contributed by atoms with Gasteiger partial charge in [-0.2, -0.15) is 0 Å². The lowest BCUT2D eigenvalue weighted by Crippen LogP contribution is -2.38. The van der Waals surface area contributed by atoms with Crippen LogP contribution >= 0.6 is 0 Å². The van der Waals surface area contributed by atoms with Crippen molar-refractivity contribution in [1.29, 1.82) is 0 Å². The molecule has 0 saturated carbocycles. The maximum atomic E-state index is 13.6. The van der Waals surface area contributed by atoms with Crippen LogP contribution in [0.5, 0.6) is 0 Å². The molecule has 0 aromatic heterocycles. The second-order valence-corrected chi connectivity index (χ2v) is 10.7. The quantitative estimate of drug-likeness (QED) is 0.411. The first-order valence-electron chi connectivity index (χ1n) is 11.3. The van der Waals surface area contributed by atoms with Gasteiger partial charge in [-0.1, -0.05) is 59.7 Å². The van der Waals surface area contributed by atoms with E-state index in [1.165, 1.54) is 20.8 Å². The molecule has 34 heavy (non-hydrogen) atoms. The fraction of sp³-hybridized carbons (Fsp3) is 0.179. The summed E-state index contributed by atoms with van der Waals surface area (Å²) in [4.78, 5) is 13.4. The summed E-state index contributed by atoms with van der Waals surface area (Å²) in [6.45, 7) is 3.51. The van der Waals surface area contributed by atoms with Gasteiger partial charge in [0.05, 0.1) is 10.6 Å². The molecule has 0 atom stereocenters. The van der Waals surface area contributed by atoms with E-state index in [0.717, 1.165) is 29.4 Å². The van der Waals surface area contributed by atoms with Crippen LogP contribution in [-0.2, 0) is 27.7 Å². The number of carbonyl (C=O) groups excluding carboxylic acids is 1. The highest BCUT2D eigenvalue weighted by molar-refractivity contribution is 7.92. The monoisotopic (exact) mass is 470 g/mol. The molecule has 1 aliphatic rings. The molecule has 0 heterocycles. The van der Waals surface area contributed by atoms with Gasteiger partial charge >= 0.3 is 0 Å². The molecule has 0 aliphatic heterocycles. The van der Waals surface area contributed by atoms with Crippen LogP contribution in [0.2, 0.25) is 0 Å². The summed E-state index contributed by atoms with van der Waals surface area (Å²) in [5.41, 5.74) is 5.68. The number of anilines is 2. The molecule has 0 spiro atoms. The van der Waals surface area contributed by atoms with Crippen LogP contribution in [0.15, 0.2) is 83.8 Å². The Kier molecular flexibility index (Phi) is 5.62. The maximum Gasteiger partial charge on any atom is 0.264 e. The first kappa shape index (κ1) is 22.2. The minimum Gasteiger partial charge on any atom is -0.324 e. The smallest absolute Gasteiger partial charge is 0.264 e. The summed E-state index contributed by atoms with van der Waals surface area (Å²) in [7, 11) is -3.94. The standard InChI is InChI=1S/C28H26N2O3S/c1-19-6-13-23(14-7-19)30(34(32,33)24-15-8-20(2)9-16-24)18-27(31)29-26-17-12-22-11-10-21-4-3-5-25(26)28(21)22/h3-9,12-17H,10-11,18H2,1-2H3,(H,29,31). The molecule has 0 unspecified atom stereocenters. The summed E-state index contributed by atoms with van der Waals surface area (Å²) in [6.07, 6.45) is 2.00. The van der Waals surface area contributed by atoms with Gasteiger partial charge in [-0.3, -0.25) is 9.10 Å². The van der Waals surface area contributed by atoms with Crippen molar-refractivity contribution in [1.82, 2.24) is 0 Å². The van der Waals surface area contributed by atoms with E-state index in [2.05, 4.69) is 17.4 Å². The number of benzene rings is 4. The lowest BCUT2D eigenvalue weighted by molar-refractivity contribution is -0.114. The Bertz CT molecular complexity index is 1480. The first-order valence-corrected chi connectivity index (χ1v) is 12.8. The Morgan fingerprint density at radius 1 is 0.824 bits per heavy atom. The highest BCUT2D eigenvalue weighted by atomic mass is 32.2. The molecular weight excluding hydrogens is 444 g/mol. The number of rotatable bonds is 6. The Morgan fingerprint density at radius 2 is 1.44 bits per heavy atom. The van der Waals surface area contributed by atoms with E-state index in [4.69, 9.17) is 0 Å². The average Bonchev–Trinajstić information content (AvgIpc) is 3.25. The van der Waals surface area contributed by atoms with Crippen molar-refractivity contribution < 1.29 is 13.2 Å². The Balaban J connectivity index is 1.48. The molecule has 0 fully saturated rings. The predicted octanol–water partition coefficient (Wildman–Crippen LogP) is 5.39. The van der Waals surface area contributed by atoms with E-state index >= 15 is 0 Å². The average molecular weight is 471 g/mol. The molecule has 0 saturated heterocycles. The number of nitrogens with zero attached hydrogens (tertiary/aromatic N) is 1. The number of aryl methyl sites for hydroxylation is 4. The molecule has 0 radical (unpaired) electrons. The fourth-order valence-corrected chi connectivity index (χ4v) is 5.96. The SMILES string of the molecule is Cc1ccc(N(CC(=O)Nc2ccc3c4c(cccc24)CC3)S(=O)(=O)c2ccc(C)cc2)cc1. The number of amides is 1. The summed E-state index contributed by atoms with van der Waals surface area (Å²) >= 11 is 0. The zero-order chi connectivity index (χ0) is 23.9. The van der Waals surface area contributed by atoms with Crippen molar-refractivity contribution in [2.24, 2.45) is 0 Å². The molecule has 4 aromatic rings. The summed E-state index contributed by atoms with van der Waals surface area (Å²) in [5, 5.41) is 5.15. The second-order valence-electron chi connectivity index (χ2n) is 8.82. The molecule has 1 N–H and O–H groups in total. The molecular formula is C28H26N2O3S. The third-order valence-electron chi connectivity index (χ3n) is 6.37. The second kappa shape index (κ2) is 8.61. The van der Waals surface area contributed by atoms with Crippen molar-refractivity contribution in [3.8, 4) is 0 Å². The van der Waals surface area contributed by atoms with E-state index in [-0.39, 0.29) is 11.4 Å². The van der Waals surface area contributed by atoms with Crippen molar-refractivity contribution in [2.45, 2.75) is 31.6 Å². The number of sulfonamides is 1. The third kappa shape index (κ3) is 4.05. The van der Waals surface area contributed by atoms with Crippen LogP contribution in [0.25, 0.3) is 10.8 Å². The van der Waals surface area contributed by atoms with Gasteiger partial charge in [0.1, 0.15) is 6.54 Å². The Labute approximate surface area is 200 Å². The van der Waals surface area contributed by atoms with Gasteiger partial charge < -0.3 is 5.32 Å². The van der Waals surface area contributed by atoms with Crippen LogP contribution in [0.1, 0.15) is 22.3 Å². The molecule has 172 valence electrons. The predicted molar refractivity (Wildman–Crippen MR) is 137 cm³/mol. The minimum absolute atomic E-state index is 0.150. The zero-order valence-corrected chi connectivity index (χ0v) is 20.0. The Morgan fingerprint density at radius 3 is 2.12 bits per heavy atom. The van der Waals surface area contributed by atoms with Crippen molar-refractivity contribution in [2.75, 3.05) is 16.2 Å². The molecule has 6 heteroatoms. The molecule has 5 rings (SSSR count). The summed E-state index contributed by atoms with van der Waals surface area (Å²) < 4.78 is 28.3. The van der Waals surface area contributed by atoms with Gasteiger partial charge in [0.2, 0.25) is 5.91 Å². The molecule has 0 bridgehead atoms. The summed E-state index contributed by atoms with van der Waals surface area (Å²) in [6, 6.07) is 23.9. The van der Waals surface area contributed by atoms with Crippen LogP contribution < -0.4 is 9.62 Å². The number of hydrogen-bond donors (Lipinski definition) is 1. The van der Waals surface area contributed by atoms with Gasteiger partial charge in [-0.25, -0.2) is 8.42 Å². The van der Waals surface area contributed by atoms with Crippen molar-refractivity contribution >= 4 is 38.1 Å². The molecule has 4 aromatic carbocycles. The van der Waals surface area contributed by atoms with Crippen molar-refractivity contribution in [3.05, 3.63) is 101 Å². The largest absolute Gasteiger partial charge is 0.324 e. The highest BCUT2D eigenvalue weighted by Crippen LogP contribution is 2.35.